The summed E-state index contributed by atoms with van der Waals surface area (Å²) in [5, 5.41) is 4.26. The van der Waals surface area contributed by atoms with Crippen molar-refractivity contribution in [1.29, 1.82) is 0 Å². The highest BCUT2D eigenvalue weighted by Crippen LogP contribution is 2.37. The molecule has 0 saturated carbocycles. The summed E-state index contributed by atoms with van der Waals surface area (Å²) >= 11 is 8.08. The lowest BCUT2D eigenvalue weighted by Crippen LogP contribution is -1.99. The Morgan fingerprint density at radius 2 is 2.00 bits per heavy atom. The Bertz CT molecular complexity index is 801. The number of unbranched alkanes of at least 4 members (excludes halogenated alkanes) is 1. The van der Waals surface area contributed by atoms with E-state index in [1.165, 1.54) is 38.2 Å². The molecular formula is C18H21ClN2S. The van der Waals surface area contributed by atoms with Gasteiger partial charge in [0, 0.05) is 15.9 Å². The van der Waals surface area contributed by atoms with Crippen molar-refractivity contribution in [3.8, 4) is 10.6 Å². The lowest BCUT2D eigenvalue weighted by atomic mass is 10.0. The van der Waals surface area contributed by atoms with E-state index in [9.17, 15) is 0 Å². The molecule has 2 heterocycles. The molecule has 2 aromatic heterocycles. The Labute approximate surface area is 140 Å². The summed E-state index contributed by atoms with van der Waals surface area (Å²) in [5.41, 5.74) is 12.0. The first-order valence-electron chi connectivity index (χ1n) is 7.66. The number of nitrogens with one attached hydrogen (secondary N) is 1. The Hall–Kier alpha value is -1.29. The molecule has 0 atom stereocenters. The van der Waals surface area contributed by atoms with Crippen LogP contribution in [0.2, 0.25) is 5.02 Å². The summed E-state index contributed by atoms with van der Waals surface area (Å²) in [5.74, 6) is 0. The summed E-state index contributed by atoms with van der Waals surface area (Å²) in [4.78, 5) is 4.93. The van der Waals surface area contributed by atoms with Crippen molar-refractivity contribution < 1.29 is 0 Å². The van der Waals surface area contributed by atoms with Crippen LogP contribution in [-0.4, -0.2) is 11.5 Å². The number of rotatable bonds is 5. The van der Waals surface area contributed by atoms with Crippen LogP contribution in [0.5, 0.6) is 0 Å². The monoisotopic (exact) mass is 332 g/mol. The quantitative estimate of drug-likeness (QED) is 0.599. The molecule has 0 spiro atoms. The van der Waals surface area contributed by atoms with E-state index in [-0.39, 0.29) is 0 Å². The number of hydrogen-bond acceptors (Lipinski definition) is 2. The highest BCUT2D eigenvalue weighted by molar-refractivity contribution is 7.13. The van der Waals surface area contributed by atoms with Crippen molar-refractivity contribution in [2.45, 2.75) is 33.1 Å². The smallest absolute Gasteiger partial charge is 0.0598 e. The molecule has 0 aliphatic carbocycles. The number of nitrogens with two attached hydrogens (primary N) is 1. The van der Waals surface area contributed by atoms with Gasteiger partial charge < -0.3 is 10.7 Å². The molecule has 116 valence electrons. The zero-order valence-corrected chi connectivity index (χ0v) is 14.6. The van der Waals surface area contributed by atoms with Crippen LogP contribution in [0, 0.1) is 13.8 Å². The van der Waals surface area contributed by atoms with Crippen molar-refractivity contribution >= 4 is 33.8 Å². The SMILES string of the molecule is Cc1csc(-c2[nH]c3c(C)cc(Cl)cc3c2CCCCN)c1. The minimum Gasteiger partial charge on any atom is -0.353 e. The highest BCUT2D eigenvalue weighted by atomic mass is 35.5. The zero-order chi connectivity index (χ0) is 15.7. The summed E-state index contributed by atoms with van der Waals surface area (Å²) in [6, 6.07) is 6.36. The van der Waals surface area contributed by atoms with Gasteiger partial charge in [-0.15, -0.1) is 11.3 Å². The van der Waals surface area contributed by atoms with E-state index >= 15 is 0 Å². The maximum atomic E-state index is 6.29. The number of H-pyrrole nitrogens is 1. The highest BCUT2D eigenvalue weighted by Gasteiger charge is 2.16. The van der Waals surface area contributed by atoms with Crippen molar-refractivity contribution in [3.05, 3.63) is 45.3 Å². The predicted molar refractivity (Wildman–Crippen MR) is 98.1 cm³/mol. The van der Waals surface area contributed by atoms with Crippen LogP contribution in [0.15, 0.2) is 23.6 Å². The van der Waals surface area contributed by atoms with Crippen LogP contribution in [0.1, 0.15) is 29.5 Å². The molecule has 0 unspecified atom stereocenters. The summed E-state index contributed by atoms with van der Waals surface area (Å²) in [7, 11) is 0. The number of aryl methyl sites for hydroxylation is 3. The molecule has 1 aromatic carbocycles. The number of thiophene rings is 1. The molecule has 3 rings (SSSR count). The van der Waals surface area contributed by atoms with E-state index in [1.54, 1.807) is 11.3 Å². The maximum absolute atomic E-state index is 6.29. The average Bonchev–Trinajstić information content (AvgIpc) is 3.04. The summed E-state index contributed by atoms with van der Waals surface area (Å²) < 4.78 is 0. The van der Waals surface area contributed by atoms with Crippen LogP contribution >= 0.6 is 22.9 Å². The standard InChI is InChI=1S/C18H21ClN2S/c1-11-7-16(22-10-11)18-14(5-3-4-6-20)15-9-13(19)8-12(2)17(15)21-18/h7-10,21H,3-6,20H2,1-2H3. The third-order valence-corrected chi connectivity index (χ3v) is 5.32. The van der Waals surface area contributed by atoms with E-state index in [0.29, 0.717) is 0 Å². The molecule has 0 amide bonds. The third-order valence-electron chi connectivity index (χ3n) is 4.04. The molecule has 0 aliphatic heterocycles. The van der Waals surface area contributed by atoms with E-state index in [2.05, 4.69) is 36.3 Å². The van der Waals surface area contributed by atoms with Crippen LogP contribution in [0.4, 0.5) is 0 Å². The third kappa shape index (κ3) is 2.94. The van der Waals surface area contributed by atoms with Crippen LogP contribution in [-0.2, 0) is 6.42 Å². The number of benzene rings is 1. The Morgan fingerprint density at radius 1 is 1.18 bits per heavy atom. The van der Waals surface area contributed by atoms with Gasteiger partial charge in [0.1, 0.15) is 0 Å². The van der Waals surface area contributed by atoms with Gasteiger partial charge in [0.15, 0.2) is 0 Å². The van der Waals surface area contributed by atoms with Crippen LogP contribution < -0.4 is 5.73 Å². The fraction of sp³-hybridized carbons (Fsp3) is 0.333. The Morgan fingerprint density at radius 3 is 2.68 bits per heavy atom. The van der Waals surface area contributed by atoms with Gasteiger partial charge in [-0.05, 0) is 79.9 Å². The molecule has 2 nitrogen and oxygen atoms in total. The lowest BCUT2D eigenvalue weighted by molar-refractivity contribution is 0.748. The van der Waals surface area contributed by atoms with Crippen molar-refractivity contribution in [2.75, 3.05) is 6.54 Å². The Kier molecular flexibility index (Phi) is 4.57. The van der Waals surface area contributed by atoms with Gasteiger partial charge in [0.2, 0.25) is 0 Å². The van der Waals surface area contributed by atoms with Gasteiger partial charge in [-0.1, -0.05) is 11.6 Å². The predicted octanol–water partition coefficient (Wildman–Crippen LogP) is 5.45. The molecule has 22 heavy (non-hydrogen) atoms. The lowest BCUT2D eigenvalue weighted by Gasteiger charge is -2.04. The molecule has 0 bridgehead atoms. The second-order valence-electron chi connectivity index (χ2n) is 5.86. The van der Waals surface area contributed by atoms with E-state index in [1.807, 2.05) is 6.07 Å². The van der Waals surface area contributed by atoms with Gasteiger partial charge in [-0.2, -0.15) is 0 Å². The van der Waals surface area contributed by atoms with Gasteiger partial charge in [-0.25, -0.2) is 0 Å². The minimum absolute atomic E-state index is 0.746. The Balaban J connectivity index is 2.16. The molecule has 3 N–H and O–H groups in total. The van der Waals surface area contributed by atoms with E-state index in [4.69, 9.17) is 17.3 Å². The van der Waals surface area contributed by atoms with Crippen molar-refractivity contribution in [3.63, 3.8) is 0 Å². The number of fused-ring (bicyclic) bond motifs is 1. The zero-order valence-electron chi connectivity index (χ0n) is 13.0. The number of aromatic amines is 1. The van der Waals surface area contributed by atoms with Crippen molar-refractivity contribution in [2.24, 2.45) is 5.73 Å². The molecule has 3 aromatic rings. The summed E-state index contributed by atoms with van der Waals surface area (Å²) in [6.45, 7) is 4.99. The second kappa shape index (κ2) is 6.45. The first kappa shape index (κ1) is 15.6. The van der Waals surface area contributed by atoms with Gasteiger partial charge in [0.25, 0.3) is 0 Å². The van der Waals surface area contributed by atoms with Gasteiger partial charge in [-0.3, -0.25) is 0 Å². The first-order valence-corrected chi connectivity index (χ1v) is 8.92. The maximum Gasteiger partial charge on any atom is 0.0598 e. The topological polar surface area (TPSA) is 41.8 Å². The first-order chi connectivity index (χ1) is 10.6. The normalized spacial score (nSPS) is 11.5. The van der Waals surface area contributed by atoms with Crippen LogP contribution in [0.25, 0.3) is 21.5 Å². The fourth-order valence-electron chi connectivity index (χ4n) is 2.96. The second-order valence-corrected chi connectivity index (χ2v) is 7.21. The summed E-state index contributed by atoms with van der Waals surface area (Å²) in [6.07, 6.45) is 3.19. The number of hydrogen-bond donors (Lipinski definition) is 2. The van der Waals surface area contributed by atoms with Crippen molar-refractivity contribution in [1.82, 2.24) is 4.98 Å². The van der Waals surface area contributed by atoms with E-state index in [0.717, 1.165) is 30.8 Å². The average molecular weight is 333 g/mol. The number of halogens is 1. The molecular weight excluding hydrogens is 312 g/mol. The molecule has 0 saturated heterocycles. The number of aromatic nitrogens is 1. The minimum atomic E-state index is 0.746. The van der Waals surface area contributed by atoms with Crippen LogP contribution in [0.3, 0.4) is 0 Å². The van der Waals surface area contributed by atoms with Gasteiger partial charge >= 0.3 is 0 Å². The van der Waals surface area contributed by atoms with E-state index < -0.39 is 0 Å². The fourth-order valence-corrected chi connectivity index (χ4v) is 4.16. The molecule has 4 heteroatoms. The molecule has 0 fully saturated rings. The largest absolute Gasteiger partial charge is 0.353 e. The molecule has 0 aliphatic rings. The van der Waals surface area contributed by atoms with Gasteiger partial charge in [0.05, 0.1) is 10.6 Å². The molecule has 0 radical (unpaired) electrons.